The van der Waals surface area contributed by atoms with E-state index in [2.05, 4.69) is 0 Å². The minimum Gasteiger partial charge on any atom is -0.488 e. The van der Waals surface area contributed by atoms with Crippen LogP contribution in [0.3, 0.4) is 0 Å². The number of alkyl halides is 4. The topological polar surface area (TPSA) is 9.23 Å². The first kappa shape index (κ1) is 15.7. The lowest BCUT2D eigenvalue weighted by Gasteiger charge is -2.13. The third kappa shape index (κ3) is 3.91. The Morgan fingerprint density at radius 2 is 1.71 bits per heavy atom. The van der Waals surface area contributed by atoms with E-state index in [0.717, 1.165) is 23.3 Å². The summed E-state index contributed by atoms with van der Waals surface area (Å²) in [5.41, 5.74) is 1.82. The molecule has 0 radical (unpaired) electrons. The lowest BCUT2D eigenvalue weighted by atomic mass is 10.1. The number of hydrogen-bond donors (Lipinski definition) is 0. The zero-order chi connectivity index (χ0) is 15.5. The van der Waals surface area contributed by atoms with Gasteiger partial charge in [0.2, 0.25) is 0 Å². The molecule has 0 saturated carbocycles. The van der Waals surface area contributed by atoms with Gasteiger partial charge < -0.3 is 4.74 Å². The molecule has 0 aliphatic heterocycles. The summed E-state index contributed by atoms with van der Waals surface area (Å²) in [6.45, 7) is 2.10. The van der Waals surface area contributed by atoms with Crippen molar-refractivity contribution in [1.29, 1.82) is 0 Å². The van der Waals surface area contributed by atoms with Crippen LogP contribution in [0.15, 0.2) is 42.5 Å². The number of rotatable bonds is 4. The standard InChI is InChI=1S/C16H14ClF3O/c1-11-3-2-4-13(9-17)15(11)21-10-12-5-7-14(8-6-12)16(18,19)20/h2-8H,9-10H2,1H3. The highest BCUT2D eigenvalue weighted by Crippen LogP contribution is 2.30. The van der Waals surface area contributed by atoms with Crippen molar-refractivity contribution in [3.05, 3.63) is 64.7 Å². The highest BCUT2D eigenvalue weighted by Gasteiger charge is 2.29. The van der Waals surface area contributed by atoms with Gasteiger partial charge in [-0.25, -0.2) is 0 Å². The number of hydrogen-bond acceptors (Lipinski definition) is 1. The molecule has 0 aliphatic carbocycles. The van der Waals surface area contributed by atoms with Crippen LogP contribution >= 0.6 is 11.6 Å². The quantitative estimate of drug-likeness (QED) is 0.693. The molecule has 112 valence electrons. The largest absolute Gasteiger partial charge is 0.488 e. The van der Waals surface area contributed by atoms with Crippen molar-refractivity contribution in [2.75, 3.05) is 0 Å². The van der Waals surface area contributed by atoms with Crippen LogP contribution in [0.1, 0.15) is 22.3 Å². The minimum absolute atomic E-state index is 0.201. The van der Waals surface area contributed by atoms with E-state index < -0.39 is 11.7 Å². The van der Waals surface area contributed by atoms with E-state index in [1.807, 2.05) is 25.1 Å². The lowest BCUT2D eigenvalue weighted by Crippen LogP contribution is -2.05. The number of ether oxygens (including phenoxy) is 1. The first-order valence-corrected chi connectivity index (χ1v) is 6.88. The Labute approximate surface area is 126 Å². The van der Waals surface area contributed by atoms with Crippen molar-refractivity contribution in [2.24, 2.45) is 0 Å². The summed E-state index contributed by atoms with van der Waals surface area (Å²) < 4.78 is 43.1. The van der Waals surface area contributed by atoms with Gasteiger partial charge in [-0.1, -0.05) is 30.3 Å². The van der Waals surface area contributed by atoms with Gasteiger partial charge in [-0.15, -0.1) is 11.6 Å². The molecule has 0 aromatic heterocycles. The van der Waals surface area contributed by atoms with Crippen molar-refractivity contribution in [1.82, 2.24) is 0 Å². The smallest absolute Gasteiger partial charge is 0.416 e. The molecule has 2 aromatic carbocycles. The summed E-state index contributed by atoms with van der Waals surface area (Å²) in [6, 6.07) is 10.6. The zero-order valence-corrected chi connectivity index (χ0v) is 12.1. The Hall–Kier alpha value is -1.68. The normalized spacial score (nSPS) is 11.5. The molecule has 0 unspecified atom stereocenters. The Bertz CT molecular complexity index is 606. The summed E-state index contributed by atoms with van der Waals surface area (Å²) in [6.07, 6.45) is -4.32. The van der Waals surface area contributed by atoms with Gasteiger partial charge in [0.05, 0.1) is 11.4 Å². The number of para-hydroxylation sites is 1. The molecule has 0 saturated heterocycles. The molecule has 2 aromatic rings. The third-order valence-electron chi connectivity index (χ3n) is 3.10. The SMILES string of the molecule is Cc1cccc(CCl)c1OCc1ccc(C(F)(F)F)cc1. The predicted molar refractivity (Wildman–Crippen MR) is 76.5 cm³/mol. The van der Waals surface area contributed by atoms with Crippen LogP contribution in [0, 0.1) is 6.92 Å². The summed E-state index contributed by atoms with van der Waals surface area (Å²) >= 11 is 5.85. The van der Waals surface area contributed by atoms with Gasteiger partial charge in [-0.05, 0) is 30.2 Å². The average molecular weight is 315 g/mol. The van der Waals surface area contributed by atoms with E-state index in [1.165, 1.54) is 12.1 Å². The van der Waals surface area contributed by atoms with Crippen molar-refractivity contribution >= 4 is 11.6 Å². The molecule has 2 rings (SSSR count). The second-order valence-corrected chi connectivity index (χ2v) is 4.95. The van der Waals surface area contributed by atoms with Crippen molar-refractivity contribution in [3.8, 4) is 5.75 Å². The van der Waals surface area contributed by atoms with Crippen LogP contribution in [-0.2, 0) is 18.7 Å². The number of aryl methyl sites for hydroxylation is 1. The number of benzene rings is 2. The van der Waals surface area contributed by atoms with Gasteiger partial charge in [0.1, 0.15) is 12.4 Å². The molecule has 21 heavy (non-hydrogen) atoms. The van der Waals surface area contributed by atoms with Gasteiger partial charge >= 0.3 is 6.18 Å². The molecule has 5 heteroatoms. The van der Waals surface area contributed by atoms with E-state index >= 15 is 0 Å². The first-order chi connectivity index (χ1) is 9.91. The maximum Gasteiger partial charge on any atom is 0.416 e. The molecule has 1 nitrogen and oxygen atoms in total. The highest BCUT2D eigenvalue weighted by atomic mass is 35.5. The highest BCUT2D eigenvalue weighted by molar-refractivity contribution is 6.17. The fourth-order valence-corrected chi connectivity index (χ4v) is 2.18. The van der Waals surface area contributed by atoms with E-state index in [9.17, 15) is 13.2 Å². The van der Waals surface area contributed by atoms with Gasteiger partial charge in [0.15, 0.2) is 0 Å². The second-order valence-electron chi connectivity index (χ2n) is 4.68. The lowest BCUT2D eigenvalue weighted by molar-refractivity contribution is -0.137. The molecular formula is C16H14ClF3O. The first-order valence-electron chi connectivity index (χ1n) is 6.35. The average Bonchev–Trinajstić information content (AvgIpc) is 2.45. The molecule has 0 N–H and O–H groups in total. The van der Waals surface area contributed by atoms with Gasteiger partial charge in [-0.3, -0.25) is 0 Å². The van der Waals surface area contributed by atoms with Crippen LogP contribution in [0.25, 0.3) is 0 Å². The molecule has 0 atom stereocenters. The summed E-state index contributed by atoms with van der Waals surface area (Å²) in [7, 11) is 0. The van der Waals surface area contributed by atoms with Crippen LogP contribution in [0.5, 0.6) is 5.75 Å². The second kappa shape index (κ2) is 6.39. The van der Waals surface area contributed by atoms with Crippen molar-refractivity contribution in [3.63, 3.8) is 0 Å². The molecule has 0 amide bonds. The van der Waals surface area contributed by atoms with Gasteiger partial charge in [0, 0.05) is 5.56 Å². The third-order valence-corrected chi connectivity index (χ3v) is 3.39. The Balaban J connectivity index is 2.10. The van der Waals surface area contributed by atoms with E-state index in [4.69, 9.17) is 16.3 Å². The fourth-order valence-electron chi connectivity index (χ4n) is 1.97. The zero-order valence-electron chi connectivity index (χ0n) is 11.4. The summed E-state index contributed by atoms with van der Waals surface area (Å²) in [5, 5.41) is 0. The van der Waals surface area contributed by atoms with Gasteiger partial charge in [0.25, 0.3) is 0 Å². The van der Waals surface area contributed by atoms with Crippen molar-refractivity contribution in [2.45, 2.75) is 25.6 Å². The molecule has 0 bridgehead atoms. The minimum atomic E-state index is -4.32. The summed E-state index contributed by atoms with van der Waals surface area (Å²) in [4.78, 5) is 0. The van der Waals surface area contributed by atoms with E-state index in [1.54, 1.807) is 0 Å². The van der Waals surface area contributed by atoms with Crippen LogP contribution in [0.2, 0.25) is 0 Å². The van der Waals surface area contributed by atoms with Crippen LogP contribution in [0.4, 0.5) is 13.2 Å². The maximum atomic E-state index is 12.5. The van der Waals surface area contributed by atoms with E-state index in [-0.39, 0.29) is 6.61 Å². The van der Waals surface area contributed by atoms with Gasteiger partial charge in [-0.2, -0.15) is 13.2 Å². The van der Waals surface area contributed by atoms with E-state index in [0.29, 0.717) is 17.2 Å². The maximum absolute atomic E-state index is 12.5. The molecule has 0 heterocycles. The van der Waals surface area contributed by atoms with Crippen LogP contribution in [-0.4, -0.2) is 0 Å². The molecule has 0 spiro atoms. The Morgan fingerprint density at radius 3 is 2.29 bits per heavy atom. The predicted octanol–water partition coefficient (Wildman–Crippen LogP) is 5.33. The summed E-state index contributed by atoms with van der Waals surface area (Å²) in [5.74, 6) is 1.01. The molecule has 0 fully saturated rings. The Morgan fingerprint density at radius 1 is 1.05 bits per heavy atom. The Kier molecular flexibility index (Phi) is 4.78. The fraction of sp³-hybridized carbons (Fsp3) is 0.250. The molecule has 0 aliphatic rings. The van der Waals surface area contributed by atoms with Crippen molar-refractivity contribution < 1.29 is 17.9 Å². The monoisotopic (exact) mass is 314 g/mol. The number of halogens is 4. The molecular weight excluding hydrogens is 301 g/mol. The van der Waals surface area contributed by atoms with Crippen LogP contribution < -0.4 is 4.74 Å².